The Bertz CT molecular complexity index is 826. The van der Waals surface area contributed by atoms with E-state index in [1.807, 2.05) is 0 Å². The van der Waals surface area contributed by atoms with Crippen molar-refractivity contribution in [1.29, 1.82) is 0 Å². The Morgan fingerprint density at radius 1 is 0.391 bits per heavy atom. The molecule has 0 aliphatic heterocycles. The van der Waals surface area contributed by atoms with Crippen molar-refractivity contribution in [1.82, 2.24) is 0 Å². The first-order valence-corrected chi connectivity index (χ1v) is 21.8. The zero-order chi connectivity index (χ0) is 31.8. The maximum atomic E-state index is 2.60. The molecule has 0 amide bonds. The third-order valence-electron chi connectivity index (χ3n) is 14.5. The molecule has 46 heavy (non-hydrogen) atoms. The van der Waals surface area contributed by atoms with Gasteiger partial charge in [-0.05, 0) is 136 Å². The van der Waals surface area contributed by atoms with Gasteiger partial charge in [0.15, 0.2) is 0 Å². The fourth-order valence-electron chi connectivity index (χ4n) is 11.2. The third kappa shape index (κ3) is 12.3. The lowest BCUT2D eigenvalue weighted by Gasteiger charge is -2.38. The standard InChI is InChI=1S/C46H78/c1-3-5-7-9-12-37-20-28-43(29-21-37)45-32-24-39(25-33-45)16-18-41-14-11-15-42(36-41)19-17-40-26-34-46(35-27-40)44-30-22-38(23-31-44)13-10-8-6-4-2/h11,14-15,36-40,43-46H,3-10,12-13,16-35H2,1-2H3. The molecule has 1 aromatic carbocycles. The van der Waals surface area contributed by atoms with Crippen molar-refractivity contribution in [2.45, 2.75) is 206 Å². The molecule has 0 saturated heterocycles. The quantitative estimate of drug-likeness (QED) is 0.142. The molecule has 0 aromatic heterocycles. The zero-order valence-electron chi connectivity index (χ0n) is 31.1. The van der Waals surface area contributed by atoms with Crippen LogP contribution >= 0.6 is 0 Å². The van der Waals surface area contributed by atoms with Gasteiger partial charge in [0.25, 0.3) is 0 Å². The van der Waals surface area contributed by atoms with Crippen LogP contribution in [0, 0.1) is 47.3 Å². The zero-order valence-corrected chi connectivity index (χ0v) is 31.1. The highest BCUT2D eigenvalue weighted by molar-refractivity contribution is 5.24. The predicted molar refractivity (Wildman–Crippen MR) is 202 cm³/mol. The summed E-state index contributed by atoms with van der Waals surface area (Å²) in [4.78, 5) is 0. The molecule has 5 rings (SSSR count). The van der Waals surface area contributed by atoms with Gasteiger partial charge in [-0.15, -0.1) is 0 Å². The summed E-state index contributed by atoms with van der Waals surface area (Å²) in [5.74, 6) is 8.40. The van der Waals surface area contributed by atoms with Gasteiger partial charge in [-0.2, -0.15) is 0 Å². The largest absolute Gasteiger partial charge is 0.0654 e. The number of hydrogen-bond acceptors (Lipinski definition) is 0. The summed E-state index contributed by atoms with van der Waals surface area (Å²) < 4.78 is 0. The molecule has 4 aliphatic rings. The van der Waals surface area contributed by atoms with Gasteiger partial charge >= 0.3 is 0 Å². The SMILES string of the molecule is CCCCCCC1CCC(C2CCC(CCc3cccc(CCC4CCC(C5CCC(CCCCCC)CC5)CC4)c3)CC2)CC1. The molecule has 0 heterocycles. The molecule has 262 valence electrons. The topological polar surface area (TPSA) is 0 Å². The molecule has 0 bridgehead atoms. The predicted octanol–water partition coefficient (Wildman–Crippen LogP) is 14.7. The first-order chi connectivity index (χ1) is 22.7. The van der Waals surface area contributed by atoms with Crippen molar-refractivity contribution < 1.29 is 0 Å². The molecule has 1 aromatic rings. The fourth-order valence-corrected chi connectivity index (χ4v) is 11.2. The lowest BCUT2D eigenvalue weighted by atomic mass is 9.68. The van der Waals surface area contributed by atoms with Crippen LogP contribution in [0.1, 0.15) is 205 Å². The van der Waals surface area contributed by atoms with Gasteiger partial charge in [-0.1, -0.05) is 154 Å². The molecule has 0 nitrogen and oxygen atoms in total. The molecule has 0 spiro atoms. The van der Waals surface area contributed by atoms with Crippen molar-refractivity contribution >= 4 is 0 Å². The van der Waals surface area contributed by atoms with E-state index in [-0.39, 0.29) is 0 Å². The van der Waals surface area contributed by atoms with Gasteiger partial charge in [-0.25, -0.2) is 0 Å². The number of unbranched alkanes of at least 4 members (excludes halogenated alkanes) is 6. The Kier molecular flexibility index (Phi) is 16.4. The smallest absolute Gasteiger partial charge is 0.0276 e. The minimum absolute atomic E-state index is 0.992. The van der Waals surface area contributed by atoms with Crippen molar-refractivity contribution in [3.05, 3.63) is 35.4 Å². The Balaban J connectivity index is 0.917. The van der Waals surface area contributed by atoms with E-state index in [1.165, 1.54) is 116 Å². The van der Waals surface area contributed by atoms with Crippen molar-refractivity contribution in [3.8, 4) is 0 Å². The van der Waals surface area contributed by atoms with E-state index in [1.54, 1.807) is 88.2 Å². The molecule has 4 saturated carbocycles. The first kappa shape index (κ1) is 36.5. The third-order valence-corrected chi connectivity index (χ3v) is 14.5. The second-order valence-electron chi connectivity index (χ2n) is 17.7. The van der Waals surface area contributed by atoms with Crippen molar-refractivity contribution in [3.63, 3.8) is 0 Å². The highest BCUT2D eigenvalue weighted by Crippen LogP contribution is 2.44. The van der Waals surface area contributed by atoms with Crippen LogP contribution in [0.5, 0.6) is 0 Å². The lowest BCUT2D eigenvalue weighted by molar-refractivity contribution is 0.140. The van der Waals surface area contributed by atoms with Gasteiger partial charge in [0, 0.05) is 0 Å². The summed E-state index contributed by atoms with van der Waals surface area (Å²) in [5, 5.41) is 0. The molecule has 0 unspecified atom stereocenters. The van der Waals surface area contributed by atoms with Crippen LogP contribution in [-0.2, 0) is 12.8 Å². The Morgan fingerprint density at radius 2 is 0.717 bits per heavy atom. The summed E-state index contributed by atoms with van der Waals surface area (Å²) >= 11 is 0. The summed E-state index contributed by atoms with van der Waals surface area (Å²) in [6.07, 6.45) is 44.8. The minimum atomic E-state index is 0.992. The maximum Gasteiger partial charge on any atom is -0.0276 e. The average Bonchev–Trinajstić information content (AvgIpc) is 3.11. The van der Waals surface area contributed by atoms with Crippen LogP contribution in [0.2, 0.25) is 0 Å². The summed E-state index contributed by atoms with van der Waals surface area (Å²) in [6.45, 7) is 4.67. The van der Waals surface area contributed by atoms with Crippen molar-refractivity contribution in [2.24, 2.45) is 47.3 Å². The van der Waals surface area contributed by atoms with Gasteiger partial charge in [-0.3, -0.25) is 0 Å². The summed E-state index contributed by atoms with van der Waals surface area (Å²) in [6, 6.07) is 9.83. The lowest BCUT2D eigenvalue weighted by Crippen LogP contribution is -2.26. The average molecular weight is 631 g/mol. The minimum Gasteiger partial charge on any atom is -0.0654 e. The van der Waals surface area contributed by atoms with Gasteiger partial charge in [0.05, 0.1) is 0 Å². The normalized spacial score (nSPS) is 32.4. The number of benzene rings is 1. The Morgan fingerprint density at radius 3 is 1.04 bits per heavy atom. The molecule has 4 aliphatic carbocycles. The highest BCUT2D eigenvalue weighted by atomic mass is 14.4. The van der Waals surface area contributed by atoms with Gasteiger partial charge in [0.1, 0.15) is 0 Å². The van der Waals surface area contributed by atoms with Gasteiger partial charge < -0.3 is 0 Å². The van der Waals surface area contributed by atoms with E-state index in [0.29, 0.717) is 0 Å². The van der Waals surface area contributed by atoms with E-state index in [2.05, 4.69) is 38.1 Å². The fraction of sp³-hybridized carbons (Fsp3) is 0.870. The first-order valence-electron chi connectivity index (χ1n) is 21.8. The molecular weight excluding hydrogens is 553 g/mol. The van der Waals surface area contributed by atoms with E-state index in [0.717, 1.165) is 47.3 Å². The maximum absolute atomic E-state index is 2.60. The van der Waals surface area contributed by atoms with E-state index >= 15 is 0 Å². The van der Waals surface area contributed by atoms with E-state index < -0.39 is 0 Å². The number of aryl methyl sites for hydroxylation is 2. The Labute approximate surface area is 288 Å². The second-order valence-corrected chi connectivity index (χ2v) is 17.7. The molecule has 0 N–H and O–H groups in total. The van der Waals surface area contributed by atoms with Crippen LogP contribution < -0.4 is 0 Å². The van der Waals surface area contributed by atoms with Crippen LogP contribution in [0.15, 0.2) is 24.3 Å². The summed E-state index contributed by atoms with van der Waals surface area (Å²) in [5.41, 5.74) is 3.25. The highest BCUT2D eigenvalue weighted by Gasteiger charge is 2.32. The monoisotopic (exact) mass is 631 g/mol. The van der Waals surface area contributed by atoms with E-state index in [9.17, 15) is 0 Å². The number of rotatable bonds is 18. The molecule has 0 atom stereocenters. The second kappa shape index (κ2) is 20.7. The summed E-state index contributed by atoms with van der Waals surface area (Å²) in [7, 11) is 0. The number of hydrogen-bond donors (Lipinski definition) is 0. The molecule has 0 radical (unpaired) electrons. The van der Waals surface area contributed by atoms with Crippen LogP contribution in [0.4, 0.5) is 0 Å². The van der Waals surface area contributed by atoms with E-state index in [4.69, 9.17) is 0 Å². The Hall–Kier alpha value is -0.780. The van der Waals surface area contributed by atoms with Crippen molar-refractivity contribution in [2.75, 3.05) is 0 Å². The van der Waals surface area contributed by atoms with Gasteiger partial charge in [0.2, 0.25) is 0 Å². The molecule has 4 fully saturated rings. The van der Waals surface area contributed by atoms with Crippen LogP contribution in [-0.4, -0.2) is 0 Å². The molecule has 0 heteroatoms. The molecular formula is C46H78. The van der Waals surface area contributed by atoms with Crippen LogP contribution in [0.3, 0.4) is 0 Å². The van der Waals surface area contributed by atoms with Crippen LogP contribution in [0.25, 0.3) is 0 Å².